The molecule has 1 aromatic carbocycles. The highest BCUT2D eigenvalue weighted by Gasteiger charge is 2.30. The standard InChI is InChI=1S/C14H14F3N3O2/c1-8(13-19-9(2)20-22-13)18-12(21)7-10-4-3-5-11(6-10)14(15,16)17/h3-6,8H,7H2,1-2H3,(H,18,21)/t8-/m0/s1. The van der Waals surface area contributed by atoms with Gasteiger partial charge in [0.1, 0.15) is 6.04 Å². The summed E-state index contributed by atoms with van der Waals surface area (Å²) in [5, 5.41) is 6.20. The normalized spacial score (nSPS) is 13.0. The number of hydrogen-bond donors (Lipinski definition) is 1. The molecule has 0 saturated heterocycles. The molecule has 0 aliphatic carbocycles. The van der Waals surface area contributed by atoms with Gasteiger partial charge in [-0.2, -0.15) is 18.2 Å². The van der Waals surface area contributed by atoms with Gasteiger partial charge in [-0.1, -0.05) is 23.4 Å². The number of amides is 1. The predicted octanol–water partition coefficient (Wildman–Crippen LogP) is 2.82. The first-order valence-electron chi connectivity index (χ1n) is 6.51. The third-order valence-corrected chi connectivity index (χ3v) is 2.91. The van der Waals surface area contributed by atoms with E-state index in [2.05, 4.69) is 15.5 Å². The molecule has 0 unspecified atom stereocenters. The molecule has 118 valence electrons. The van der Waals surface area contributed by atoms with E-state index in [1.165, 1.54) is 12.1 Å². The van der Waals surface area contributed by atoms with Crippen LogP contribution in [0.5, 0.6) is 0 Å². The van der Waals surface area contributed by atoms with Gasteiger partial charge in [-0.25, -0.2) is 0 Å². The molecule has 0 fully saturated rings. The van der Waals surface area contributed by atoms with E-state index in [9.17, 15) is 18.0 Å². The Hall–Kier alpha value is -2.38. The minimum absolute atomic E-state index is 0.165. The number of nitrogens with zero attached hydrogens (tertiary/aromatic N) is 2. The first kappa shape index (κ1) is 16.0. The van der Waals surface area contributed by atoms with Crippen LogP contribution in [0.3, 0.4) is 0 Å². The number of alkyl halides is 3. The third kappa shape index (κ3) is 4.06. The second kappa shape index (κ2) is 6.17. The van der Waals surface area contributed by atoms with Crippen molar-refractivity contribution < 1.29 is 22.5 Å². The van der Waals surface area contributed by atoms with Crippen LogP contribution in [0.1, 0.15) is 35.8 Å². The van der Waals surface area contributed by atoms with Crippen LogP contribution in [0.2, 0.25) is 0 Å². The summed E-state index contributed by atoms with van der Waals surface area (Å²) < 4.78 is 42.7. The lowest BCUT2D eigenvalue weighted by molar-refractivity contribution is -0.137. The van der Waals surface area contributed by atoms with Crippen LogP contribution in [0.15, 0.2) is 28.8 Å². The Morgan fingerprint density at radius 2 is 2.14 bits per heavy atom. The lowest BCUT2D eigenvalue weighted by Crippen LogP contribution is -2.28. The van der Waals surface area contributed by atoms with Crippen molar-refractivity contribution in [2.75, 3.05) is 0 Å². The molecule has 22 heavy (non-hydrogen) atoms. The molecule has 1 heterocycles. The first-order chi connectivity index (χ1) is 10.3. The molecule has 0 bridgehead atoms. The predicted molar refractivity (Wildman–Crippen MR) is 70.7 cm³/mol. The summed E-state index contributed by atoms with van der Waals surface area (Å²) in [6, 6.07) is 4.15. The Kier molecular flexibility index (Phi) is 4.48. The van der Waals surface area contributed by atoms with E-state index in [-0.39, 0.29) is 17.9 Å². The lowest BCUT2D eigenvalue weighted by atomic mass is 10.1. The van der Waals surface area contributed by atoms with Crippen molar-refractivity contribution in [3.8, 4) is 0 Å². The average molecular weight is 313 g/mol. The zero-order valence-electron chi connectivity index (χ0n) is 11.9. The fourth-order valence-corrected chi connectivity index (χ4v) is 1.89. The molecular weight excluding hydrogens is 299 g/mol. The van der Waals surface area contributed by atoms with Gasteiger partial charge < -0.3 is 9.84 Å². The molecular formula is C14H14F3N3O2. The number of rotatable bonds is 4. The molecule has 5 nitrogen and oxygen atoms in total. The van der Waals surface area contributed by atoms with Gasteiger partial charge >= 0.3 is 6.18 Å². The third-order valence-electron chi connectivity index (χ3n) is 2.91. The molecule has 0 radical (unpaired) electrons. The maximum atomic E-state index is 12.6. The molecule has 1 amide bonds. The zero-order chi connectivity index (χ0) is 16.3. The Morgan fingerprint density at radius 3 is 2.73 bits per heavy atom. The first-order valence-corrected chi connectivity index (χ1v) is 6.51. The van der Waals surface area contributed by atoms with Crippen molar-refractivity contribution in [3.05, 3.63) is 47.1 Å². The molecule has 1 N–H and O–H groups in total. The minimum Gasteiger partial charge on any atom is -0.344 e. The van der Waals surface area contributed by atoms with Gasteiger partial charge in [-0.3, -0.25) is 4.79 Å². The number of aryl methyl sites for hydroxylation is 1. The van der Waals surface area contributed by atoms with Crippen molar-refractivity contribution in [1.29, 1.82) is 0 Å². The maximum Gasteiger partial charge on any atom is 0.416 e. The number of benzene rings is 1. The van der Waals surface area contributed by atoms with Crippen molar-refractivity contribution in [3.63, 3.8) is 0 Å². The van der Waals surface area contributed by atoms with Crippen molar-refractivity contribution >= 4 is 5.91 Å². The molecule has 0 spiro atoms. The summed E-state index contributed by atoms with van der Waals surface area (Å²) in [6.45, 7) is 3.29. The molecule has 0 saturated carbocycles. The number of hydrogen-bond acceptors (Lipinski definition) is 4. The van der Waals surface area contributed by atoms with Gasteiger partial charge in [0.2, 0.25) is 11.8 Å². The SMILES string of the molecule is Cc1noc([C@H](C)NC(=O)Cc2cccc(C(F)(F)F)c2)n1. The molecule has 1 aromatic heterocycles. The summed E-state index contributed by atoms with van der Waals surface area (Å²) in [7, 11) is 0. The van der Waals surface area contributed by atoms with E-state index >= 15 is 0 Å². The van der Waals surface area contributed by atoms with Crippen LogP contribution < -0.4 is 5.32 Å². The fraction of sp³-hybridized carbons (Fsp3) is 0.357. The molecule has 8 heteroatoms. The molecule has 2 aromatic rings. The summed E-state index contributed by atoms with van der Waals surface area (Å²) in [5.74, 6) is 0.256. The van der Waals surface area contributed by atoms with E-state index in [0.717, 1.165) is 12.1 Å². The van der Waals surface area contributed by atoms with E-state index in [1.54, 1.807) is 13.8 Å². The highest BCUT2D eigenvalue weighted by atomic mass is 19.4. The van der Waals surface area contributed by atoms with E-state index < -0.39 is 23.7 Å². The lowest BCUT2D eigenvalue weighted by Gasteiger charge is -2.11. The fourth-order valence-electron chi connectivity index (χ4n) is 1.89. The average Bonchev–Trinajstić information content (AvgIpc) is 2.84. The topological polar surface area (TPSA) is 68.0 Å². The smallest absolute Gasteiger partial charge is 0.344 e. The molecule has 1 atom stereocenters. The Balaban J connectivity index is 2.00. The molecule has 0 aliphatic rings. The molecule has 2 rings (SSSR count). The van der Waals surface area contributed by atoms with Gasteiger partial charge in [0.25, 0.3) is 0 Å². The second-order valence-corrected chi connectivity index (χ2v) is 4.84. The Bertz CT molecular complexity index is 667. The van der Waals surface area contributed by atoms with Gasteiger partial charge in [0, 0.05) is 0 Å². The maximum absolute atomic E-state index is 12.6. The van der Waals surface area contributed by atoms with E-state index in [4.69, 9.17) is 4.52 Å². The summed E-state index contributed by atoms with van der Waals surface area (Å²) in [5.41, 5.74) is -0.500. The summed E-state index contributed by atoms with van der Waals surface area (Å²) in [6.07, 6.45) is -4.59. The highest BCUT2D eigenvalue weighted by molar-refractivity contribution is 5.78. The van der Waals surface area contributed by atoms with Crippen molar-refractivity contribution in [2.45, 2.75) is 32.5 Å². The van der Waals surface area contributed by atoms with Crippen LogP contribution in [-0.2, 0) is 17.4 Å². The number of aromatic nitrogens is 2. The number of carbonyl (C=O) groups is 1. The van der Waals surface area contributed by atoms with Crippen LogP contribution >= 0.6 is 0 Å². The van der Waals surface area contributed by atoms with Crippen LogP contribution in [0, 0.1) is 6.92 Å². The number of nitrogens with one attached hydrogen (secondary N) is 1. The Morgan fingerprint density at radius 1 is 1.41 bits per heavy atom. The minimum atomic E-state index is -4.43. The van der Waals surface area contributed by atoms with Crippen LogP contribution in [-0.4, -0.2) is 16.0 Å². The highest BCUT2D eigenvalue weighted by Crippen LogP contribution is 2.29. The van der Waals surface area contributed by atoms with Crippen molar-refractivity contribution in [1.82, 2.24) is 15.5 Å². The van der Waals surface area contributed by atoms with Gasteiger partial charge in [0.15, 0.2) is 5.82 Å². The van der Waals surface area contributed by atoms with Crippen LogP contribution in [0.25, 0.3) is 0 Å². The summed E-state index contributed by atoms with van der Waals surface area (Å²) in [4.78, 5) is 15.9. The second-order valence-electron chi connectivity index (χ2n) is 4.84. The van der Waals surface area contributed by atoms with E-state index in [1.807, 2.05) is 0 Å². The van der Waals surface area contributed by atoms with Gasteiger partial charge in [-0.15, -0.1) is 0 Å². The van der Waals surface area contributed by atoms with E-state index in [0.29, 0.717) is 5.82 Å². The monoisotopic (exact) mass is 313 g/mol. The van der Waals surface area contributed by atoms with Crippen LogP contribution in [0.4, 0.5) is 13.2 Å². The quantitative estimate of drug-likeness (QED) is 0.942. The summed E-state index contributed by atoms with van der Waals surface area (Å²) >= 11 is 0. The number of carbonyl (C=O) groups excluding carboxylic acids is 1. The zero-order valence-corrected chi connectivity index (χ0v) is 11.9. The van der Waals surface area contributed by atoms with Gasteiger partial charge in [0.05, 0.1) is 12.0 Å². The Labute approximate surface area is 124 Å². The number of halogens is 3. The van der Waals surface area contributed by atoms with Gasteiger partial charge in [-0.05, 0) is 25.5 Å². The molecule has 0 aliphatic heterocycles. The largest absolute Gasteiger partial charge is 0.416 e. The van der Waals surface area contributed by atoms with Crippen molar-refractivity contribution in [2.24, 2.45) is 0 Å².